The van der Waals surface area contributed by atoms with Crippen molar-refractivity contribution >= 4 is 5.69 Å². The summed E-state index contributed by atoms with van der Waals surface area (Å²) in [5, 5.41) is 3.29. The summed E-state index contributed by atoms with van der Waals surface area (Å²) in [7, 11) is 1.45. The molecule has 0 saturated carbocycles. The first-order valence-electron chi connectivity index (χ1n) is 6.50. The van der Waals surface area contributed by atoms with Gasteiger partial charge in [0.15, 0.2) is 11.6 Å². The number of aryl methyl sites for hydroxylation is 1. The zero-order valence-electron chi connectivity index (χ0n) is 11.7. The van der Waals surface area contributed by atoms with Crippen molar-refractivity contribution in [3.05, 3.63) is 59.4 Å². The third kappa shape index (κ3) is 3.27. The van der Waals surface area contributed by atoms with Crippen molar-refractivity contribution < 1.29 is 9.13 Å². The Morgan fingerprint density at radius 2 is 1.90 bits per heavy atom. The number of hydrogen-bond donors (Lipinski definition) is 2. The van der Waals surface area contributed by atoms with Crippen molar-refractivity contribution in [3.63, 3.8) is 0 Å². The molecule has 20 heavy (non-hydrogen) atoms. The summed E-state index contributed by atoms with van der Waals surface area (Å²) in [6, 6.07) is 12.8. The van der Waals surface area contributed by atoms with Crippen molar-refractivity contribution in [1.29, 1.82) is 0 Å². The minimum atomic E-state index is -0.377. The Balaban J connectivity index is 2.19. The molecule has 0 aliphatic carbocycles. The van der Waals surface area contributed by atoms with E-state index < -0.39 is 0 Å². The zero-order valence-corrected chi connectivity index (χ0v) is 11.7. The third-order valence-electron chi connectivity index (χ3n) is 3.21. The van der Waals surface area contributed by atoms with E-state index in [0.29, 0.717) is 6.54 Å². The predicted molar refractivity (Wildman–Crippen MR) is 79.5 cm³/mol. The van der Waals surface area contributed by atoms with Crippen LogP contribution in [0.2, 0.25) is 0 Å². The maximum absolute atomic E-state index is 13.4. The van der Waals surface area contributed by atoms with E-state index in [-0.39, 0.29) is 17.6 Å². The quantitative estimate of drug-likeness (QED) is 0.879. The van der Waals surface area contributed by atoms with Gasteiger partial charge in [0.1, 0.15) is 0 Å². The summed E-state index contributed by atoms with van der Waals surface area (Å²) >= 11 is 0. The summed E-state index contributed by atoms with van der Waals surface area (Å²) in [6.45, 7) is 2.49. The highest BCUT2D eigenvalue weighted by atomic mass is 19.1. The van der Waals surface area contributed by atoms with Crippen LogP contribution in [0.5, 0.6) is 5.75 Å². The van der Waals surface area contributed by atoms with E-state index in [2.05, 4.69) is 5.32 Å². The lowest BCUT2D eigenvalue weighted by molar-refractivity contribution is 0.386. The van der Waals surface area contributed by atoms with Gasteiger partial charge in [-0.3, -0.25) is 0 Å². The van der Waals surface area contributed by atoms with Crippen molar-refractivity contribution in [3.8, 4) is 5.75 Å². The average molecular weight is 274 g/mol. The van der Waals surface area contributed by atoms with Gasteiger partial charge >= 0.3 is 0 Å². The second kappa shape index (κ2) is 6.39. The van der Waals surface area contributed by atoms with Gasteiger partial charge in [-0.15, -0.1) is 0 Å². The fourth-order valence-electron chi connectivity index (χ4n) is 2.03. The maximum atomic E-state index is 13.4. The van der Waals surface area contributed by atoms with Gasteiger partial charge in [-0.05, 0) is 24.6 Å². The summed E-state index contributed by atoms with van der Waals surface area (Å²) in [5.41, 5.74) is 8.90. The predicted octanol–water partition coefficient (Wildman–Crippen LogP) is 3.25. The molecule has 0 heterocycles. The SMILES string of the molecule is COc1cc(NC(CN)c2ccc(C)cc2)ccc1F. The van der Waals surface area contributed by atoms with Gasteiger partial charge in [-0.2, -0.15) is 0 Å². The number of anilines is 1. The normalized spacial score (nSPS) is 12.0. The van der Waals surface area contributed by atoms with Crippen LogP contribution >= 0.6 is 0 Å². The second-order valence-electron chi connectivity index (χ2n) is 4.69. The lowest BCUT2D eigenvalue weighted by Crippen LogP contribution is -2.20. The molecule has 1 unspecified atom stereocenters. The number of rotatable bonds is 5. The van der Waals surface area contributed by atoms with Crippen LogP contribution in [-0.2, 0) is 0 Å². The Labute approximate surface area is 118 Å². The smallest absolute Gasteiger partial charge is 0.165 e. The van der Waals surface area contributed by atoms with E-state index in [0.717, 1.165) is 11.3 Å². The molecule has 106 valence electrons. The standard InChI is InChI=1S/C16H19FN2O/c1-11-3-5-12(6-4-11)15(10-18)19-13-7-8-14(17)16(9-13)20-2/h3-9,15,19H,10,18H2,1-2H3. The molecule has 1 atom stereocenters. The lowest BCUT2D eigenvalue weighted by Gasteiger charge is -2.19. The highest BCUT2D eigenvalue weighted by Crippen LogP contribution is 2.25. The van der Waals surface area contributed by atoms with Crippen LogP contribution in [-0.4, -0.2) is 13.7 Å². The molecule has 3 nitrogen and oxygen atoms in total. The van der Waals surface area contributed by atoms with E-state index in [1.807, 2.05) is 31.2 Å². The Morgan fingerprint density at radius 3 is 2.50 bits per heavy atom. The molecule has 0 bridgehead atoms. The molecule has 2 rings (SSSR count). The second-order valence-corrected chi connectivity index (χ2v) is 4.69. The van der Waals surface area contributed by atoms with E-state index in [1.165, 1.54) is 18.7 Å². The van der Waals surface area contributed by atoms with Crippen molar-refractivity contribution in [2.24, 2.45) is 5.73 Å². The maximum Gasteiger partial charge on any atom is 0.165 e. The summed E-state index contributed by atoms with van der Waals surface area (Å²) in [4.78, 5) is 0. The van der Waals surface area contributed by atoms with Gasteiger partial charge in [-0.25, -0.2) is 4.39 Å². The first-order chi connectivity index (χ1) is 9.63. The van der Waals surface area contributed by atoms with Gasteiger partial charge in [0, 0.05) is 18.3 Å². The molecule has 0 amide bonds. The molecular formula is C16H19FN2O. The van der Waals surface area contributed by atoms with Crippen LogP contribution in [0.3, 0.4) is 0 Å². The topological polar surface area (TPSA) is 47.3 Å². The number of benzene rings is 2. The van der Waals surface area contributed by atoms with Crippen LogP contribution in [0.1, 0.15) is 17.2 Å². The molecule has 0 saturated heterocycles. The monoisotopic (exact) mass is 274 g/mol. The lowest BCUT2D eigenvalue weighted by atomic mass is 10.0. The van der Waals surface area contributed by atoms with E-state index in [9.17, 15) is 4.39 Å². The molecule has 3 N–H and O–H groups in total. The molecule has 0 spiro atoms. The first kappa shape index (κ1) is 14.3. The fourth-order valence-corrected chi connectivity index (χ4v) is 2.03. The third-order valence-corrected chi connectivity index (χ3v) is 3.21. The van der Waals surface area contributed by atoms with E-state index in [4.69, 9.17) is 10.5 Å². The number of hydrogen-bond acceptors (Lipinski definition) is 3. The molecule has 4 heteroatoms. The van der Waals surface area contributed by atoms with Crippen LogP contribution in [0.25, 0.3) is 0 Å². The highest BCUT2D eigenvalue weighted by molar-refractivity contribution is 5.50. The molecule has 0 radical (unpaired) electrons. The van der Waals surface area contributed by atoms with Crippen LogP contribution < -0.4 is 15.8 Å². The summed E-state index contributed by atoms with van der Waals surface area (Å²) in [6.07, 6.45) is 0. The fraction of sp³-hybridized carbons (Fsp3) is 0.250. The van der Waals surface area contributed by atoms with Gasteiger partial charge in [0.25, 0.3) is 0 Å². The highest BCUT2D eigenvalue weighted by Gasteiger charge is 2.11. The number of halogens is 1. The molecule has 0 aromatic heterocycles. The number of methoxy groups -OCH3 is 1. The number of nitrogens with one attached hydrogen (secondary N) is 1. The number of nitrogens with two attached hydrogens (primary N) is 1. The molecule has 0 aliphatic rings. The first-order valence-corrected chi connectivity index (χ1v) is 6.50. The number of ether oxygens (including phenoxy) is 1. The Bertz CT molecular complexity index is 569. The molecule has 0 fully saturated rings. The minimum absolute atomic E-state index is 0.0224. The van der Waals surface area contributed by atoms with Crippen LogP contribution in [0.4, 0.5) is 10.1 Å². The molecule has 2 aromatic rings. The Hall–Kier alpha value is -2.07. The summed E-state index contributed by atoms with van der Waals surface area (Å²) in [5.74, 6) is -0.160. The van der Waals surface area contributed by atoms with Crippen molar-refractivity contribution in [2.45, 2.75) is 13.0 Å². The summed E-state index contributed by atoms with van der Waals surface area (Å²) < 4.78 is 18.4. The van der Waals surface area contributed by atoms with E-state index in [1.54, 1.807) is 12.1 Å². The van der Waals surface area contributed by atoms with Gasteiger partial charge < -0.3 is 15.8 Å². The largest absolute Gasteiger partial charge is 0.494 e. The Kier molecular flexibility index (Phi) is 4.58. The van der Waals surface area contributed by atoms with Gasteiger partial charge in [0.05, 0.1) is 13.2 Å². The van der Waals surface area contributed by atoms with Crippen LogP contribution in [0, 0.1) is 12.7 Å². The van der Waals surface area contributed by atoms with Crippen molar-refractivity contribution in [2.75, 3.05) is 19.0 Å². The van der Waals surface area contributed by atoms with E-state index >= 15 is 0 Å². The zero-order chi connectivity index (χ0) is 14.5. The molecule has 2 aromatic carbocycles. The van der Waals surface area contributed by atoms with Gasteiger partial charge in [-0.1, -0.05) is 29.8 Å². The average Bonchev–Trinajstić information content (AvgIpc) is 2.47. The Morgan fingerprint density at radius 1 is 1.20 bits per heavy atom. The van der Waals surface area contributed by atoms with Gasteiger partial charge in [0.2, 0.25) is 0 Å². The van der Waals surface area contributed by atoms with Crippen LogP contribution in [0.15, 0.2) is 42.5 Å². The molecular weight excluding hydrogens is 255 g/mol. The molecule has 0 aliphatic heterocycles. The van der Waals surface area contributed by atoms with Crippen molar-refractivity contribution in [1.82, 2.24) is 0 Å². The minimum Gasteiger partial charge on any atom is -0.494 e.